The fourth-order valence-electron chi connectivity index (χ4n) is 7.68. The summed E-state index contributed by atoms with van der Waals surface area (Å²) in [6.07, 6.45) is 3.70. The van der Waals surface area contributed by atoms with E-state index in [2.05, 4.69) is 70.5 Å². The molecule has 1 saturated heterocycles. The van der Waals surface area contributed by atoms with E-state index >= 15 is 0 Å². The molecule has 10 nitrogen and oxygen atoms in total. The van der Waals surface area contributed by atoms with E-state index in [4.69, 9.17) is 0 Å². The number of nitro groups is 1. The molecule has 0 radical (unpaired) electrons. The largest absolute Gasteiger partial charge is 0.332 e. The van der Waals surface area contributed by atoms with E-state index in [0.717, 1.165) is 43.5 Å². The lowest BCUT2D eigenvalue weighted by Gasteiger charge is -2.43. The van der Waals surface area contributed by atoms with Crippen molar-refractivity contribution in [3.05, 3.63) is 138 Å². The first-order valence-electron chi connectivity index (χ1n) is 17.5. The summed E-state index contributed by atoms with van der Waals surface area (Å²) in [5.41, 5.74) is 2.95. The van der Waals surface area contributed by atoms with Gasteiger partial charge in [-0.25, -0.2) is 9.78 Å². The van der Waals surface area contributed by atoms with Crippen molar-refractivity contribution in [3.63, 3.8) is 0 Å². The Labute approximate surface area is 291 Å². The van der Waals surface area contributed by atoms with Gasteiger partial charge >= 0.3 is 5.69 Å². The second kappa shape index (κ2) is 14.7. The molecule has 0 spiro atoms. The van der Waals surface area contributed by atoms with Gasteiger partial charge in [0.1, 0.15) is 5.65 Å². The number of aromatic nitrogens is 3. The summed E-state index contributed by atoms with van der Waals surface area (Å²) in [5, 5.41) is 11.9. The average Bonchev–Trinajstić information content (AvgIpc) is 3.14. The van der Waals surface area contributed by atoms with Gasteiger partial charge in [-0.1, -0.05) is 72.8 Å². The van der Waals surface area contributed by atoms with Crippen molar-refractivity contribution in [2.75, 3.05) is 19.6 Å². The Morgan fingerprint density at radius 2 is 1.48 bits per heavy atom. The average molecular weight is 674 g/mol. The molecule has 3 heterocycles. The third-order valence-electron chi connectivity index (χ3n) is 10.3. The number of nitro benzene ring substituents is 1. The number of Topliss-reactive ketones (excluding diaryl/α,β-unsaturated/α-hetero) is 1. The standard InChI is InChI=1S/C40H43N5O5/c1-4-43-37-36(38(47)44(5-2)39(43)48)35(29-15-14-20-32(27-29)45(49)50)34(28(3)41-37)33(46)21-12-13-24-42-25-22-40(23-26-42,30-16-8-6-9-17-30)31-18-10-7-11-19-31/h6-11,14-20,27H,4-5,12-13,21-26H2,1-3H3. The number of carbonyl (C=O) groups is 1. The molecule has 6 rings (SSSR count). The van der Waals surface area contributed by atoms with E-state index in [1.54, 1.807) is 32.9 Å². The number of carbonyl (C=O) groups excluding carboxylic acids is 1. The predicted molar refractivity (Wildman–Crippen MR) is 196 cm³/mol. The first-order valence-corrected chi connectivity index (χ1v) is 17.5. The van der Waals surface area contributed by atoms with Gasteiger partial charge in [-0.2, -0.15) is 0 Å². The van der Waals surface area contributed by atoms with Crippen LogP contribution in [0.2, 0.25) is 0 Å². The highest BCUT2D eigenvalue weighted by Gasteiger charge is 2.37. The number of fused-ring (bicyclic) bond motifs is 1. The van der Waals surface area contributed by atoms with Crippen molar-refractivity contribution in [3.8, 4) is 11.1 Å². The minimum atomic E-state index is -0.563. The van der Waals surface area contributed by atoms with Gasteiger partial charge in [0.2, 0.25) is 0 Å². The Kier molecular flexibility index (Phi) is 10.2. The summed E-state index contributed by atoms with van der Waals surface area (Å²) in [7, 11) is 0. The van der Waals surface area contributed by atoms with Crippen molar-refractivity contribution in [2.24, 2.45) is 0 Å². The van der Waals surface area contributed by atoms with Gasteiger partial charge in [-0.05, 0) is 82.8 Å². The molecular formula is C40H43N5O5. The number of rotatable bonds is 12. The number of piperidine rings is 1. The van der Waals surface area contributed by atoms with Crippen LogP contribution in [0.25, 0.3) is 22.2 Å². The van der Waals surface area contributed by atoms with E-state index in [9.17, 15) is 24.5 Å². The van der Waals surface area contributed by atoms with Gasteiger partial charge in [0, 0.05) is 48.2 Å². The summed E-state index contributed by atoms with van der Waals surface area (Å²) in [5.74, 6) is -0.180. The number of unbranched alkanes of at least 4 members (excludes halogenated alkanes) is 1. The topological polar surface area (TPSA) is 120 Å². The van der Waals surface area contributed by atoms with Crippen LogP contribution in [-0.4, -0.2) is 49.4 Å². The van der Waals surface area contributed by atoms with Crippen LogP contribution >= 0.6 is 0 Å². The minimum absolute atomic E-state index is 0.0301. The summed E-state index contributed by atoms with van der Waals surface area (Å²) in [4.78, 5) is 59.5. The van der Waals surface area contributed by atoms with Crippen LogP contribution in [0.15, 0.2) is 94.5 Å². The van der Waals surface area contributed by atoms with E-state index in [-0.39, 0.29) is 53.0 Å². The second-order valence-corrected chi connectivity index (χ2v) is 13.1. The molecule has 1 aliphatic rings. The maximum absolute atomic E-state index is 14.1. The van der Waals surface area contributed by atoms with E-state index < -0.39 is 16.2 Å². The molecule has 0 amide bonds. The Bertz CT molecular complexity index is 2110. The summed E-state index contributed by atoms with van der Waals surface area (Å²) in [6, 6.07) is 27.5. The highest BCUT2D eigenvalue weighted by molar-refractivity contribution is 6.10. The minimum Gasteiger partial charge on any atom is -0.303 e. The third-order valence-corrected chi connectivity index (χ3v) is 10.3. The molecule has 0 bridgehead atoms. The van der Waals surface area contributed by atoms with Gasteiger partial charge in [0.05, 0.1) is 16.0 Å². The smallest absolute Gasteiger partial charge is 0.303 e. The van der Waals surface area contributed by atoms with Crippen molar-refractivity contribution in [1.29, 1.82) is 0 Å². The van der Waals surface area contributed by atoms with Gasteiger partial charge in [-0.3, -0.25) is 28.8 Å². The zero-order valence-corrected chi connectivity index (χ0v) is 28.9. The molecule has 2 aromatic heterocycles. The first kappa shape index (κ1) is 34.6. The van der Waals surface area contributed by atoms with E-state index in [1.807, 2.05) is 0 Å². The molecule has 50 heavy (non-hydrogen) atoms. The maximum Gasteiger partial charge on any atom is 0.332 e. The number of ketones is 1. The van der Waals surface area contributed by atoms with Crippen LogP contribution in [-0.2, 0) is 18.5 Å². The Morgan fingerprint density at radius 3 is 2.06 bits per heavy atom. The number of pyridine rings is 1. The number of hydrogen-bond donors (Lipinski definition) is 0. The van der Waals surface area contributed by atoms with Crippen molar-refractivity contribution < 1.29 is 9.72 Å². The second-order valence-electron chi connectivity index (χ2n) is 13.1. The maximum atomic E-state index is 14.1. The van der Waals surface area contributed by atoms with Crippen LogP contribution in [0.5, 0.6) is 0 Å². The van der Waals surface area contributed by atoms with Crippen molar-refractivity contribution in [1.82, 2.24) is 19.0 Å². The highest BCUT2D eigenvalue weighted by atomic mass is 16.6. The summed E-state index contributed by atoms with van der Waals surface area (Å²) >= 11 is 0. The molecule has 0 saturated carbocycles. The lowest BCUT2D eigenvalue weighted by molar-refractivity contribution is -0.384. The van der Waals surface area contributed by atoms with Crippen molar-refractivity contribution in [2.45, 2.75) is 71.4 Å². The monoisotopic (exact) mass is 673 g/mol. The third kappa shape index (κ3) is 6.43. The highest BCUT2D eigenvalue weighted by Crippen LogP contribution is 2.42. The molecule has 0 N–H and O–H groups in total. The number of nitrogens with zero attached hydrogens (tertiary/aromatic N) is 5. The van der Waals surface area contributed by atoms with Gasteiger partial charge < -0.3 is 4.90 Å². The van der Waals surface area contributed by atoms with Crippen LogP contribution in [0.1, 0.15) is 73.1 Å². The molecule has 10 heteroatoms. The van der Waals surface area contributed by atoms with Crippen LogP contribution < -0.4 is 11.2 Å². The molecule has 0 unspecified atom stereocenters. The predicted octanol–water partition coefficient (Wildman–Crippen LogP) is 6.92. The Morgan fingerprint density at radius 1 is 0.860 bits per heavy atom. The van der Waals surface area contributed by atoms with E-state index in [1.165, 1.54) is 27.8 Å². The fraction of sp³-hybridized carbons (Fsp3) is 0.350. The SMILES string of the molecule is CCn1c(=O)c2c(-c3cccc([N+](=O)[O-])c3)c(C(=O)CCCCN3CCC(c4ccccc4)(c4ccccc4)CC3)c(C)nc2n(CC)c1=O. The van der Waals surface area contributed by atoms with Crippen LogP contribution in [0.4, 0.5) is 5.69 Å². The molecule has 1 fully saturated rings. The van der Waals surface area contributed by atoms with Crippen LogP contribution in [0.3, 0.4) is 0 Å². The zero-order valence-electron chi connectivity index (χ0n) is 28.9. The van der Waals surface area contributed by atoms with Gasteiger partial charge in [0.25, 0.3) is 11.2 Å². The summed E-state index contributed by atoms with van der Waals surface area (Å²) in [6.45, 7) is 8.36. The van der Waals surface area contributed by atoms with Crippen molar-refractivity contribution >= 4 is 22.5 Å². The Hall–Kier alpha value is -5.22. The van der Waals surface area contributed by atoms with E-state index in [0.29, 0.717) is 23.2 Å². The Balaban J connectivity index is 1.25. The number of aryl methyl sites for hydroxylation is 2. The lowest BCUT2D eigenvalue weighted by Crippen LogP contribution is -2.43. The lowest BCUT2D eigenvalue weighted by atomic mass is 9.68. The normalized spacial score (nSPS) is 14.5. The molecule has 0 atom stereocenters. The molecule has 3 aromatic carbocycles. The number of non-ortho nitro benzene ring substituents is 1. The molecule has 258 valence electrons. The quantitative estimate of drug-likeness (QED) is 0.0611. The summed E-state index contributed by atoms with van der Waals surface area (Å²) < 4.78 is 2.55. The first-order chi connectivity index (χ1) is 24.2. The molecular weight excluding hydrogens is 630 g/mol. The number of benzene rings is 3. The van der Waals surface area contributed by atoms with Gasteiger partial charge in [-0.15, -0.1) is 0 Å². The molecule has 5 aromatic rings. The van der Waals surface area contributed by atoms with Crippen LogP contribution in [0, 0.1) is 17.0 Å². The van der Waals surface area contributed by atoms with Gasteiger partial charge in [0.15, 0.2) is 5.78 Å². The molecule has 1 aliphatic heterocycles. The number of hydrogen-bond acceptors (Lipinski definition) is 7. The fourth-order valence-corrected chi connectivity index (χ4v) is 7.68. The number of likely N-dealkylation sites (tertiary alicyclic amines) is 1. The molecule has 0 aliphatic carbocycles. The zero-order chi connectivity index (χ0) is 35.4.